The van der Waals surface area contributed by atoms with Crippen molar-refractivity contribution in [3.05, 3.63) is 5.82 Å². The lowest BCUT2D eigenvalue weighted by molar-refractivity contribution is 0.689. The second kappa shape index (κ2) is 2.89. The molecule has 0 bridgehead atoms. The minimum atomic E-state index is -0.427. The Hall–Kier alpha value is -1.48. The van der Waals surface area contributed by atoms with E-state index in [4.69, 9.17) is 11.0 Å². The Morgan fingerprint density at radius 1 is 1.80 bits per heavy atom. The van der Waals surface area contributed by atoms with Gasteiger partial charge in [-0.25, -0.2) is 0 Å². The van der Waals surface area contributed by atoms with Gasteiger partial charge in [-0.2, -0.15) is 10.5 Å². The molecule has 1 heterocycles. The predicted octanol–water partition coefficient (Wildman–Crippen LogP) is -0.887. The van der Waals surface area contributed by atoms with Crippen LogP contribution in [-0.4, -0.2) is 20.6 Å². The van der Waals surface area contributed by atoms with Gasteiger partial charge in [-0.15, -0.1) is 10.2 Å². The summed E-state index contributed by atoms with van der Waals surface area (Å²) < 4.78 is 0. The highest BCUT2D eigenvalue weighted by atomic mass is 15.5. The predicted molar refractivity (Wildman–Crippen MR) is 31.3 cm³/mol. The molecule has 10 heavy (non-hydrogen) atoms. The van der Waals surface area contributed by atoms with Gasteiger partial charge in [-0.3, -0.25) is 0 Å². The van der Waals surface area contributed by atoms with Crippen molar-refractivity contribution in [2.75, 3.05) is 0 Å². The third-order valence-corrected chi connectivity index (χ3v) is 1.00. The maximum atomic E-state index is 8.22. The SMILES string of the molecule is N#CCC(N)c1nn[nH]n1. The summed E-state index contributed by atoms with van der Waals surface area (Å²) >= 11 is 0. The standard InChI is InChI=1S/C4H6N6/c5-2-1-3(6)4-7-9-10-8-4/h3H,1,6H2,(H,7,8,9,10). The Morgan fingerprint density at radius 2 is 2.60 bits per heavy atom. The van der Waals surface area contributed by atoms with Gasteiger partial charge in [-0.1, -0.05) is 5.21 Å². The number of nitrogens with one attached hydrogen (secondary N) is 1. The largest absolute Gasteiger partial charge is 0.320 e. The van der Waals surface area contributed by atoms with Gasteiger partial charge in [0, 0.05) is 0 Å². The topological polar surface area (TPSA) is 104 Å². The van der Waals surface area contributed by atoms with E-state index in [1.807, 2.05) is 6.07 Å². The first kappa shape index (κ1) is 6.64. The van der Waals surface area contributed by atoms with Crippen molar-refractivity contribution in [1.82, 2.24) is 20.6 Å². The summed E-state index contributed by atoms with van der Waals surface area (Å²) in [4.78, 5) is 0. The Morgan fingerprint density at radius 3 is 3.10 bits per heavy atom. The van der Waals surface area contributed by atoms with Crippen molar-refractivity contribution in [2.24, 2.45) is 5.73 Å². The molecular weight excluding hydrogens is 132 g/mol. The van der Waals surface area contributed by atoms with Crippen molar-refractivity contribution in [1.29, 1.82) is 5.26 Å². The zero-order valence-corrected chi connectivity index (χ0v) is 5.15. The lowest BCUT2D eigenvalue weighted by Gasteiger charge is -1.96. The molecule has 6 nitrogen and oxygen atoms in total. The number of nitrogens with zero attached hydrogens (tertiary/aromatic N) is 4. The van der Waals surface area contributed by atoms with Crippen LogP contribution in [0, 0.1) is 11.3 Å². The molecule has 3 N–H and O–H groups in total. The van der Waals surface area contributed by atoms with E-state index in [-0.39, 0.29) is 6.42 Å². The molecule has 0 spiro atoms. The molecule has 0 saturated heterocycles. The van der Waals surface area contributed by atoms with Crippen LogP contribution in [0.25, 0.3) is 0 Å². The molecule has 1 aromatic rings. The molecule has 0 saturated carbocycles. The van der Waals surface area contributed by atoms with Crippen LogP contribution in [-0.2, 0) is 0 Å². The number of aromatic amines is 1. The molecule has 1 unspecified atom stereocenters. The van der Waals surface area contributed by atoms with E-state index in [1.54, 1.807) is 0 Å². The van der Waals surface area contributed by atoms with Crippen LogP contribution >= 0.6 is 0 Å². The molecule has 0 fully saturated rings. The molecule has 0 radical (unpaired) electrons. The Bertz CT molecular complexity index is 220. The van der Waals surface area contributed by atoms with Gasteiger partial charge >= 0.3 is 0 Å². The minimum Gasteiger partial charge on any atom is -0.320 e. The zero-order chi connectivity index (χ0) is 7.40. The summed E-state index contributed by atoms with van der Waals surface area (Å²) in [6, 6.07) is 1.48. The third-order valence-electron chi connectivity index (χ3n) is 1.00. The zero-order valence-electron chi connectivity index (χ0n) is 5.15. The number of hydrogen-bond donors (Lipinski definition) is 2. The molecule has 1 atom stereocenters. The second-order valence-electron chi connectivity index (χ2n) is 1.74. The highest BCUT2D eigenvalue weighted by Crippen LogP contribution is 2.03. The first-order chi connectivity index (χ1) is 4.84. The van der Waals surface area contributed by atoms with E-state index in [2.05, 4.69) is 20.6 Å². The van der Waals surface area contributed by atoms with Gasteiger partial charge in [0.2, 0.25) is 0 Å². The molecule has 0 amide bonds. The summed E-state index contributed by atoms with van der Waals surface area (Å²) in [6.07, 6.45) is 0.208. The van der Waals surface area contributed by atoms with E-state index < -0.39 is 6.04 Å². The van der Waals surface area contributed by atoms with Gasteiger partial charge in [0.1, 0.15) is 0 Å². The van der Waals surface area contributed by atoms with Gasteiger partial charge in [0.25, 0.3) is 0 Å². The van der Waals surface area contributed by atoms with Crippen LogP contribution in [0.1, 0.15) is 18.3 Å². The van der Waals surface area contributed by atoms with Crippen molar-refractivity contribution in [3.63, 3.8) is 0 Å². The first-order valence-corrected chi connectivity index (χ1v) is 2.70. The van der Waals surface area contributed by atoms with Crippen molar-refractivity contribution in [3.8, 4) is 6.07 Å². The lowest BCUT2D eigenvalue weighted by atomic mass is 10.2. The molecule has 52 valence electrons. The van der Waals surface area contributed by atoms with E-state index >= 15 is 0 Å². The number of nitriles is 1. The summed E-state index contributed by atoms with van der Waals surface area (Å²) in [6.45, 7) is 0. The van der Waals surface area contributed by atoms with Crippen LogP contribution in [0.15, 0.2) is 0 Å². The van der Waals surface area contributed by atoms with Crippen LogP contribution in [0.3, 0.4) is 0 Å². The highest BCUT2D eigenvalue weighted by molar-refractivity contribution is 4.92. The maximum absolute atomic E-state index is 8.22. The average Bonchev–Trinajstić information content (AvgIpc) is 2.38. The number of H-pyrrole nitrogens is 1. The Labute approximate surface area is 57.0 Å². The van der Waals surface area contributed by atoms with Crippen LogP contribution in [0.5, 0.6) is 0 Å². The number of nitrogens with two attached hydrogens (primary N) is 1. The molecule has 0 aliphatic carbocycles. The second-order valence-corrected chi connectivity index (χ2v) is 1.74. The van der Waals surface area contributed by atoms with E-state index in [1.165, 1.54) is 0 Å². The third kappa shape index (κ3) is 1.27. The van der Waals surface area contributed by atoms with Crippen LogP contribution < -0.4 is 5.73 Å². The normalized spacial score (nSPS) is 12.4. The summed E-state index contributed by atoms with van der Waals surface area (Å²) in [5.41, 5.74) is 5.44. The number of tetrazole rings is 1. The van der Waals surface area contributed by atoms with Crippen molar-refractivity contribution in [2.45, 2.75) is 12.5 Å². The van der Waals surface area contributed by atoms with Crippen LogP contribution in [0.4, 0.5) is 0 Å². The van der Waals surface area contributed by atoms with Gasteiger partial charge in [-0.05, 0) is 0 Å². The maximum Gasteiger partial charge on any atom is 0.192 e. The Balaban J connectivity index is 2.61. The quantitative estimate of drug-likeness (QED) is 0.551. The number of hydrogen-bond acceptors (Lipinski definition) is 5. The summed E-state index contributed by atoms with van der Waals surface area (Å²) in [5.74, 6) is 0.376. The fraction of sp³-hybridized carbons (Fsp3) is 0.500. The molecule has 0 aliphatic heterocycles. The van der Waals surface area contributed by atoms with E-state index in [9.17, 15) is 0 Å². The molecule has 0 aliphatic rings. The van der Waals surface area contributed by atoms with Crippen LogP contribution in [0.2, 0.25) is 0 Å². The van der Waals surface area contributed by atoms with E-state index in [0.717, 1.165) is 0 Å². The fourth-order valence-corrected chi connectivity index (χ4v) is 0.516. The minimum absolute atomic E-state index is 0.208. The summed E-state index contributed by atoms with van der Waals surface area (Å²) in [5, 5.41) is 21.0. The monoisotopic (exact) mass is 138 g/mol. The molecule has 1 rings (SSSR count). The molecule has 0 aromatic carbocycles. The van der Waals surface area contributed by atoms with Crippen molar-refractivity contribution >= 4 is 0 Å². The highest BCUT2D eigenvalue weighted by Gasteiger charge is 2.08. The van der Waals surface area contributed by atoms with Gasteiger partial charge < -0.3 is 5.73 Å². The lowest BCUT2D eigenvalue weighted by Crippen LogP contribution is -2.11. The smallest absolute Gasteiger partial charge is 0.192 e. The van der Waals surface area contributed by atoms with Gasteiger partial charge in [0.15, 0.2) is 5.82 Å². The average molecular weight is 138 g/mol. The van der Waals surface area contributed by atoms with Gasteiger partial charge in [0.05, 0.1) is 18.5 Å². The Kier molecular flexibility index (Phi) is 1.92. The summed E-state index contributed by atoms with van der Waals surface area (Å²) in [7, 11) is 0. The molecule has 1 aromatic heterocycles. The first-order valence-electron chi connectivity index (χ1n) is 2.70. The molecule has 6 heteroatoms. The van der Waals surface area contributed by atoms with Crippen molar-refractivity contribution < 1.29 is 0 Å². The fourth-order valence-electron chi connectivity index (χ4n) is 0.516. The van der Waals surface area contributed by atoms with E-state index in [0.29, 0.717) is 5.82 Å². The number of aromatic nitrogens is 4. The number of rotatable bonds is 2. The molecular formula is C4H6N6.